The first-order chi connectivity index (χ1) is 10.5. The number of hydrogen-bond donors (Lipinski definition) is 1. The van der Waals surface area contributed by atoms with Crippen LogP contribution in [0.25, 0.3) is 0 Å². The van der Waals surface area contributed by atoms with Gasteiger partial charge in [-0.1, -0.05) is 44.2 Å². The number of methoxy groups -OCH3 is 1. The van der Waals surface area contributed by atoms with Crippen LogP contribution in [0.3, 0.4) is 0 Å². The summed E-state index contributed by atoms with van der Waals surface area (Å²) < 4.78 is 18.9. The van der Waals surface area contributed by atoms with Crippen molar-refractivity contribution in [3.05, 3.63) is 59.4 Å². The highest BCUT2D eigenvalue weighted by molar-refractivity contribution is 5.92. The van der Waals surface area contributed by atoms with Crippen molar-refractivity contribution < 1.29 is 13.9 Å². The van der Waals surface area contributed by atoms with Crippen LogP contribution in [0, 0.1) is 5.82 Å². The fraction of sp³-hybridized carbons (Fsp3) is 0.278. The van der Waals surface area contributed by atoms with E-state index in [0.717, 1.165) is 5.56 Å². The molecule has 2 aromatic carbocycles. The maximum Gasteiger partial charge on any atom is 0.228 e. The molecule has 1 amide bonds. The molecule has 0 aliphatic heterocycles. The highest BCUT2D eigenvalue weighted by Gasteiger charge is 2.12. The summed E-state index contributed by atoms with van der Waals surface area (Å²) in [6.07, 6.45) is 0.206. The summed E-state index contributed by atoms with van der Waals surface area (Å²) >= 11 is 0. The molecule has 0 saturated heterocycles. The number of rotatable bonds is 5. The van der Waals surface area contributed by atoms with E-state index < -0.39 is 5.82 Å². The average molecular weight is 301 g/mol. The molecule has 0 heterocycles. The number of carbonyl (C=O) groups is 1. The third-order valence-corrected chi connectivity index (χ3v) is 3.44. The summed E-state index contributed by atoms with van der Waals surface area (Å²) in [5, 5.41) is 2.59. The second-order valence-corrected chi connectivity index (χ2v) is 5.45. The van der Waals surface area contributed by atoms with Crippen LogP contribution < -0.4 is 10.1 Å². The van der Waals surface area contributed by atoms with Crippen molar-refractivity contribution in [2.45, 2.75) is 26.2 Å². The average Bonchev–Trinajstić information content (AvgIpc) is 2.49. The number of hydrogen-bond acceptors (Lipinski definition) is 2. The van der Waals surface area contributed by atoms with E-state index in [2.05, 4.69) is 19.2 Å². The largest absolute Gasteiger partial charge is 0.494 e. The molecule has 0 spiro atoms. The van der Waals surface area contributed by atoms with Crippen LogP contribution >= 0.6 is 0 Å². The van der Waals surface area contributed by atoms with Crippen LogP contribution in [-0.2, 0) is 11.2 Å². The van der Waals surface area contributed by atoms with Gasteiger partial charge in [-0.2, -0.15) is 0 Å². The third-order valence-electron chi connectivity index (χ3n) is 3.44. The number of carbonyl (C=O) groups excluding carboxylic acids is 1. The summed E-state index contributed by atoms with van der Waals surface area (Å²) in [6, 6.07) is 12.5. The van der Waals surface area contributed by atoms with Crippen LogP contribution in [-0.4, -0.2) is 13.0 Å². The first kappa shape index (κ1) is 16.0. The van der Waals surface area contributed by atoms with E-state index in [-0.39, 0.29) is 23.8 Å². The van der Waals surface area contributed by atoms with Gasteiger partial charge in [-0.15, -0.1) is 0 Å². The molecular formula is C18H20FNO2. The Kier molecular flexibility index (Phi) is 5.15. The Morgan fingerprint density at radius 2 is 1.95 bits per heavy atom. The fourth-order valence-corrected chi connectivity index (χ4v) is 2.21. The Bertz CT molecular complexity index is 668. The minimum Gasteiger partial charge on any atom is -0.494 e. The lowest BCUT2D eigenvalue weighted by atomic mass is 9.99. The molecule has 0 aromatic heterocycles. The van der Waals surface area contributed by atoms with Crippen LogP contribution in [0.2, 0.25) is 0 Å². The predicted octanol–water partition coefficient (Wildman–Crippen LogP) is 4.14. The molecule has 116 valence electrons. The molecule has 0 fully saturated rings. The SMILES string of the molecule is COc1cccc(NC(=O)Cc2cccc(C(C)C)c2)c1F. The number of nitrogens with one attached hydrogen (secondary N) is 1. The molecule has 2 rings (SSSR count). The van der Waals surface area contributed by atoms with Crippen molar-refractivity contribution in [1.82, 2.24) is 0 Å². The van der Waals surface area contributed by atoms with E-state index in [9.17, 15) is 9.18 Å². The number of amides is 1. The first-order valence-corrected chi connectivity index (χ1v) is 7.22. The monoisotopic (exact) mass is 301 g/mol. The Morgan fingerprint density at radius 1 is 1.23 bits per heavy atom. The normalized spacial score (nSPS) is 10.6. The van der Waals surface area contributed by atoms with Gasteiger partial charge in [-0.3, -0.25) is 4.79 Å². The molecular weight excluding hydrogens is 281 g/mol. The van der Waals surface area contributed by atoms with Gasteiger partial charge in [0.25, 0.3) is 0 Å². The van der Waals surface area contributed by atoms with Crippen molar-refractivity contribution in [2.24, 2.45) is 0 Å². The lowest BCUT2D eigenvalue weighted by Gasteiger charge is -2.10. The highest BCUT2D eigenvalue weighted by Crippen LogP contribution is 2.24. The molecule has 2 aromatic rings. The van der Waals surface area contributed by atoms with Crippen molar-refractivity contribution in [2.75, 3.05) is 12.4 Å². The van der Waals surface area contributed by atoms with E-state index in [0.29, 0.717) is 5.92 Å². The number of benzene rings is 2. The van der Waals surface area contributed by atoms with Crippen LogP contribution in [0.5, 0.6) is 5.75 Å². The first-order valence-electron chi connectivity index (χ1n) is 7.22. The third kappa shape index (κ3) is 3.85. The van der Waals surface area contributed by atoms with Gasteiger partial charge in [0.15, 0.2) is 11.6 Å². The van der Waals surface area contributed by atoms with Crippen molar-refractivity contribution in [3.8, 4) is 5.75 Å². The quantitative estimate of drug-likeness (QED) is 0.901. The molecule has 1 N–H and O–H groups in total. The summed E-state index contributed by atoms with van der Waals surface area (Å²) in [5.74, 6) is -0.305. The Hall–Kier alpha value is -2.36. The summed E-state index contributed by atoms with van der Waals surface area (Å²) in [6.45, 7) is 4.20. The molecule has 22 heavy (non-hydrogen) atoms. The van der Waals surface area contributed by atoms with Gasteiger partial charge in [-0.25, -0.2) is 4.39 Å². The minimum absolute atomic E-state index is 0.111. The van der Waals surface area contributed by atoms with E-state index in [1.165, 1.54) is 24.8 Å². The molecule has 4 heteroatoms. The maximum atomic E-state index is 14.0. The smallest absolute Gasteiger partial charge is 0.228 e. The van der Waals surface area contributed by atoms with E-state index >= 15 is 0 Å². The fourth-order valence-electron chi connectivity index (χ4n) is 2.21. The molecule has 0 aliphatic rings. The van der Waals surface area contributed by atoms with Gasteiger partial charge in [0, 0.05) is 0 Å². The Morgan fingerprint density at radius 3 is 2.64 bits per heavy atom. The number of halogens is 1. The topological polar surface area (TPSA) is 38.3 Å². The van der Waals surface area contributed by atoms with Gasteiger partial charge in [0.2, 0.25) is 5.91 Å². The zero-order chi connectivity index (χ0) is 16.1. The Labute approximate surface area is 130 Å². The summed E-state index contributed by atoms with van der Waals surface area (Å²) in [5.41, 5.74) is 2.22. The van der Waals surface area contributed by atoms with Crippen molar-refractivity contribution in [3.63, 3.8) is 0 Å². The van der Waals surface area contributed by atoms with Gasteiger partial charge in [-0.05, 0) is 29.2 Å². The lowest BCUT2D eigenvalue weighted by Crippen LogP contribution is -2.15. The van der Waals surface area contributed by atoms with Gasteiger partial charge >= 0.3 is 0 Å². The molecule has 0 radical (unpaired) electrons. The predicted molar refractivity (Wildman–Crippen MR) is 85.8 cm³/mol. The van der Waals surface area contributed by atoms with Crippen LogP contribution in [0.1, 0.15) is 30.9 Å². The molecule has 0 saturated carbocycles. The van der Waals surface area contributed by atoms with Gasteiger partial charge in [0.1, 0.15) is 0 Å². The van der Waals surface area contributed by atoms with E-state index in [1.807, 2.05) is 24.3 Å². The summed E-state index contributed by atoms with van der Waals surface area (Å²) in [4.78, 5) is 12.1. The van der Waals surface area contributed by atoms with E-state index in [4.69, 9.17) is 4.74 Å². The number of ether oxygens (including phenoxy) is 1. The lowest BCUT2D eigenvalue weighted by molar-refractivity contribution is -0.115. The second kappa shape index (κ2) is 7.07. The van der Waals surface area contributed by atoms with Gasteiger partial charge < -0.3 is 10.1 Å². The standard InChI is InChI=1S/C18H20FNO2/c1-12(2)14-7-4-6-13(10-14)11-17(21)20-15-8-5-9-16(22-3)18(15)19/h4-10,12H,11H2,1-3H3,(H,20,21). The molecule has 0 unspecified atom stereocenters. The molecule has 0 atom stereocenters. The molecule has 3 nitrogen and oxygen atoms in total. The highest BCUT2D eigenvalue weighted by atomic mass is 19.1. The van der Waals surface area contributed by atoms with Gasteiger partial charge in [0.05, 0.1) is 19.2 Å². The molecule has 0 aliphatic carbocycles. The second-order valence-electron chi connectivity index (χ2n) is 5.45. The number of anilines is 1. The summed E-state index contributed by atoms with van der Waals surface area (Å²) in [7, 11) is 1.39. The maximum absolute atomic E-state index is 14.0. The van der Waals surface area contributed by atoms with Crippen molar-refractivity contribution in [1.29, 1.82) is 0 Å². The van der Waals surface area contributed by atoms with E-state index in [1.54, 1.807) is 6.07 Å². The minimum atomic E-state index is -0.561. The zero-order valence-corrected chi connectivity index (χ0v) is 13.0. The van der Waals surface area contributed by atoms with Crippen LogP contribution in [0.15, 0.2) is 42.5 Å². The van der Waals surface area contributed by atoms with Crippen molar-refractivity contribution >= 4 is 11.6 Å². The molecule has 0 bridgehead atoms. The Balaban J connectivity index is 2.09. The zero-order valence-electron chi connectivity index (χ0n) is 13.0. The van der Waals surface area contributed by atoms with Crippen LogP contribution in [0.4, 0.5) is 10.1 Å².